The third-order valence-electron chi connectivity index (χ3n) is 3.00. The van der Waals surface area contributed by atoms with Gasteiger partial charge in [0.2, 0.25) is 10.0 Å². The van der Waals surface area contributed by atoms with Crippen molar-refractivity contribution in [2.75, 3.05) is 13.6 Å². The van der Waals surface area contributed by atoms with Gasteiger partial charge in [0.25, 0.3) is 5.91 Å². The van der Waals surface area contributed by atoms with Gasteiger partial charge in [-0.25, -0.2) is 18.5 Å². The molecule has 0 unspecified atom stereocenters. The summed E-state index contributed by atoms with van der Waals surface area (Å²) in [4.78, 5) is 19.1. The molecule has 2 aromatic rings. The molecular weight excluding hydrogens is 330 g/mol. The molecule has 0 atom stereocenters. The normalized spacial score (nSPS) is 11.6. The first-order valence-electron chi connectivity index (χ1n) is 6.05. The molecule has 6 nitrogen and oxygen atoms in total. The Morgan fingerprint density at radius 1 is 1.43 bits per heavy atom. The maximum atomic E-state index is 12.3. The Bertz CT molecular complexity index is 749. The Hall–Kier alpha value is -1.29. The molecule has 0 spiro atoms. The van der Waals surface area contributed by atoms with E-state index < -0.39 is 10.0 Å². The SMILES string of the molecule is Cc1ncsc1CCN(C)C(=O)c1sccc1S(N)(=O)=O. The van der Waals surface area contributed by atoms with Crippen LogP contribution in [0.2, 0.25) is 0 Å². The number of thiazole rings is 1. The topological polar surface area (TPSA) is 93.4 Å². The number of rotatable bonds is 5. The van der Waals surface area contributed by atoms with Gasteiger partial charge in [-0.1, -0.05) is 0 Å². The van der Waals surface area contributed by atoms with Gasteiger partial charge < -0.3 is 4.90 Å². The second kappa shape index (κ2) is 6.22. The lowest BCUT2D eigenvalue weighted by Crippen LogP contribution is -2.29. The third kappa shape index (κ3) is 3.67. The standard InChI is InChI=1S/C12H15N3O3S3/c1-8-9(20-7-14-8)3-5-15(2)12(16)11-10(4-6-19-11)21(13,17)18/h4,6-7H,3,5H2,1-2H3,(H2,13,17,18). The van der Waals surface area contributed by atoms with Gasteiger partial charge in [-0.05, 0) is 18.4 Å². The molecule has 114 valence electrons. The zero-order valence-electron chi connectivity index (χ0n) is 11.6. The number of thiophene rings is 1. The van der Waals surface area contributed by atoms with E-state index in [1.807, 2.05) is 6.92 Å². The lowest BCUT2D eigenvalue weighted by Gasteiger charge is -2.16. The lowest BCUT2D eigenvalue weighted by molar-refractivity contribution is 0.0798. The summed E-state index contributed by atoms with van der Waals surface area (Å²) in [5.41, 5.74) is 2.73. The zero-order valence-corrected chi connectivity index (χ0v) is 14.0. The number of nitrogens with zero attached hydrogens (tertiary/aromatic N) is 2. The lowest BCUT2D eigenvalue weighted by atomic mass is 10.3. The predicted molar refractivity (Wildman–Crippen MR) is 83.2 cm³/mol. The van der Waals surface area contributed by atoms with Crippen LogP contribution in [0.5, 0.6) is 0 Å². The second-order valence-corrected chi connectivity index (χ2v) is 7.88. The molecular formula is C12H15N3O3S3. The number of nitrogens with two attached hydrogens (primary N) is 1. The Balaban J connectivity index is 2.10. The molecule has 0 saturated heterocycles. The molecule has 0 aromatic carbocycles. The molecule has 0 aliphatic heterocycles. The average Bonchev–Trinajstić information content (AvgIpc) is 3.03. The fourth-order valence-corrected chi connectivity index (χ4v) is 4.52. The van der Waals surface area contributed by atoms with Crippen molar-refractivity contribution in [2.45, 2.75) is 18.2 Å². The fraction of sp³-hybridized carbons (Fsp3) is 0.333. The Morgan fingerprint density at radius 3 is 2.71 bits per heavy atom. The van der Waals surface area contributed by atoms with Crippen LogP contribution in [0.3, 0.4) is 0 Å². The van der Waals surface area contributed by atoms with Crippen LogP contribution in [-0.2, 0) is 16.4 Å². The smallest absolute Gasteiger partial charge is 0.265 e. The summed E-state index contributed by atoms with van der Waals surface area (Å²) < 4.78 is 22.9. The summed E-state index contributed by atoms with van der Waals surface area (Å²) >= 11 is 2.62. The Labute approximate surface area is 131 Å². The summed E-state index contributed by atoms with van der Waals surface area (Å²) in [5, 5.41) is 6.66. The van der Waals surface area contributed by atoms with E-state index in [9.17, 15) is 13.2 Å². The maximum absolute atomic E-state index is 12.3. The Morgan fingerprint density at radius 2 is 2.14 bits per heavy atom. The fourth-order valence-electron chi connectivity index (χ4n) is 1.79. The number of likely N-dealkylation sites (N-methyl/N-ethyl adjacent to an activating group) is 1. The van der Waals surface area contributed by atoms with E-state index in [1.54, 1.807) is 29.3 Å². The third-order valence-corrected chi connectivity index (χ3v) is 5.98. The molecule has 0 saturated carbocycles. The highest BCUT2D eigenvalue weighted by atomic mass is 32.2. The first-order valence-corrected chi connectivity index (χ1v) is 9.36. The van der Waals surface area contributed by atoms with Crippen molar-refractivity contribution in [3.05, 3.63) is 32.4 Å². The van der Waals surface area contributed by atoms with E-state index in [4.69, 9.17) is 5.14 Å². The minimum Gasteiger partial charge on any atom is -0.341 e. The molecule has 0 fully saturated rings. The quantitative estimate of drug-likeness (QED) is 0.888. The van der Waals surface area contributed by atoms with Crippen molar-refractivity contribution in [1.82, 2.24) is 9.88 Å². The van der Waals surface area contributed by atoms with Crippen LogP contribution < -0.4 is 5.14 Å². The molecule has 0 aliphatic rings. The zero-order chi connectivity index (χ0) is 15.6. The van der Waals surface area contributed by atoms with Crippen LogP contribution in [0.15, 0.2) is 21.9 Å². The second-order valence-electron chi connectivity index (χ2n) is 4.50. The van der Waals surface area contributed by atoms with Crippen molar-refractivity contribution in [3.8, 4) is 0 Å². The van der Waals surface area contributed by atoms with E-state index in [-0.39, 0.29) is 15.7 Å². The molecule has 9 heteroatoms. The number of carbonyl (C=O) groups is 1. The molecule has 0 bridgehead atoms. The monoisotopic (exact) mass is 345 g/mol. The van der Waals surface area contributed by atoms with Crippen LogP contribution in [0.4, 0.5) is 0 Å². The minimum atomic E-state index is -3.88. The molecule has 2 rings (SSSR count). The summed E-state index contributed by atoms with van der Waals surface area (Å²) in [7, 11) is -2.23. The largest absolute Gasteiger partial charge is 0.341 e. The van der Waals surface area contributed by atoms with Gasteiger partial charge in [0.1, 0.15) is 9.77 Å². The first kappa shape index (κ1) is 16.1. The van der Waals surface area contributed by atoms with E-state index in [0.29, 0.717) is 13.0 Å². The molecule has 1 amide bonds. The summed E-state index contributed by atoms with van der Waals surface area (Å²) in [6, 6.07) is 1.36. The summed E-state index contributed by atoms with van der Waals surface area (Å²) in [6.07, 6.45) is 0.689. The van der Waals surface area contributed by atoms with Gasteiger partial charge in [-0.2, -0.15) is 0 Å². The van der Waals surface area contributed by atoms with Crippen LogP contribution in [-0.4, -0.2) is 37.8 Å². The molecule has 2 heterocycles. The van der Waals surface area contributed by atoms with Gasteiger partial charge in [-0.3, -0.25) is 4.79 Å². The van der Waals surface area contributed by atoms with Crippen molar-refractivity contribution < 1.29 is 13.2 Å². The van der Waals surface area contributed by atoms with Crippen molar-refractivity contribution in [1.29, 1.82) is 0 Å². The van der Waals surface area contributed by atoms with Gasteiger partial charge in [0, 0.05) is 24.9 Å². The van der Waals surface area contributed by atoms with Crippen molar-refractivity contribution >= 4 is 38.6 Å². The molecule has 21 heavy (non-hydrogen) atoms. The van der Waals surface area contributed by atoms with E-state index in [0.717, 1.165) is 21.9 Å². The van der Waals surface area contributed by atoms with Crippen LogP contribution in [0.1, 0.15) is 20.2 Å². The number of aryl methyl sites for hydroxylation is 1. The molecule has 2 aromatic heterocycles. The number of sulfonamides is 1. The summed E-state index contributed by atoms with van der Waals surface area (Å²) in [5.74, 6) is -0.337. The van der Waals surface area contributed by atoms with Crippen LogP contribution in [0, 0.1) is 6.92 Å². The number of aromatic nitrogens is 1. The number of hydrogen-bond acceptors (Lipinski definition) is 6. The Kier molecular flexibility index (Phi) is 4.77. The van der Waals surface area contributed by atoms with Crippen molar-refractivity contribution in [2.24, 2.45) is 5.14 Å². The van der Waals surface area contributed by atoms with Gasteiger partial charge >= 0.3 is 0 Å². The number of primary sulfonamides is 1. The molecule has 0 radical (unpaired) electrons. The van der Waals surface area contributed by atoms with Crippen molar-refractivity contribution in [3.63, 3.8) is 0 Å². The number of amides is 1. The highest BCUT2D eigenvalue weighted by Gasteiger charge is 2.23. The highest BCUT2D eigenvalue weighted by Crippen LogP contribution is 2.22. The summed E-state index contributed by atoms with van der Waals surface area (Å²) in [6.45, 7) is 2.41. The van der Waals surface area contributed by atoms with Crippen LogP contribution >= 0.6 is 22.7 Å². The molecule has 2 N–H and O–H groups in total. The minimum absolute atomic E-state index is 0.113. The van der Waals surface area contributed by atoms with E-state index in [2.05, 4.69) is 4.98 Å². The average molecular weight is 345 g/mol. The predicted octanol–water partition coefficient (Wildman–Crippen LogP) is 1.48. The van der Waals surface area contributed by atoms with E-state index >= 15 is 0 Å². The number of carbonyl (C=O) groups excluding carboxylic acids is 1. The van der Waals surface area contributed by atoms with E-state index in [1.165, 1.54) is 11.0 Å². The van der Waals surface area contributed by atoms with Gasteiger partial charge in [0.15, 0.2) is 0 Å². The first-order chi connectivity index (χ1) is 9.80. The van der Waals surface area contributed by atoms with Crippen LogP contribution in [0.25, 0.3) is 0 Å². The maximum Gasteiger partial charge on any atom is 0.265 e. The highest BCUT2D eigenvalue weighted by molar-refractivity contribution is 7.89. The molecule has 0 aliphatic carbocycles. The van der Waals surface area contributed by atoms with Gasteiger partial charge in [0.05, 0.1) is 11.2 Å². The van der Waals surface area contributed by atoms with Gasteiger partial charge in [-0.15, -0.1) is 22.7 Å². The number of hydrogen-bond donors (Lipinski definition) is 1.